The minimum atomic E-state index is -0.138. The molecule has 1 unspecified atom stereocenters. The standard InChI is InChI=1S/C15H25NO3/c1-4-9-17-11-13(16)12-7-8-14(18-5-2)15(10-12)19-6-3/h7-8,10,13H,4-6,9,11,16H2,1-3H3. The van der Waals surface area contributed by atoms with E-state index in [9.17, 15) is 0 Å². The molecule has 1 rings (SSSR count). The van der Waals surface area contributed by atoms with Crippen molar-refractivity contribution in [1.29, 1.82) is 0 Å². The summed E-state index contributed by atoms with van der Waals surface area (Å²) in [6.45, 7) is 8.46. The molecule has 0 aliphatic heterocycles. The molecule has 0 saturated heterocycles. The van der Waals surface area contributed by atoms with Crippen LogP contribution in [0.5, 0.6) is 11.5 Å². The van der Waals surface area contributed by atoms with E-state index in [0.717, 1.165) is 30.1 Å². The number of benzene rings is 1. The number of ether oxygens (including phenoxy) is 3. The van der Waals surface area contributed by atoms with Gasteiger partial charge in [-0.2, -0.15) is 0 Å². The maximum absolute atomic E-state index is 6.10. The van der Waals surface area contributed by atoms with Crippen LogP contribution in [-0.2, 0) is 4.74 Å². The lowest BCUT2D eigenvalue weighted by Gasteiger charge is -2.16. The van der Waals surface area contributed by atoms with Crippen molar-refractivity contribution >= 4 is 0 Å². The Kier molecular flexibility index (Phi) is 7.30. The molecular formula is C15H25NO3. The summed E-state index contributed by atoms with van der Waals surface area (Å²) in [5.41, 5.74) is 7.11. The van der Waals surface area contributed by atoms with Gasteiger partial charge < -0.3 is 19.9 Å². The molecule has 0 fully saturated rings. The van der Waals surface area contributed by atoms with Gasteiger partial charge in [0.2, 0.25) is 0 Å². The van der Waals surface area contributed by atoms with Gasteiger partial charge in [0.15, 0.2) is 11.5 Å². The molecule has 0 aromatic heterocycles. The molecule has 108 valence electrons. The van der Waals surface area contributed by atoms with Crippen molar-refractivity contribution in [1.82, 2.24) is 0 Å². The topological polar surface area (TPSA) is 53.7 Å². The molecule has 2 N–H and O–H groups in total. The van der Waals surface area contributed by atoms with Gasteiger partial charge in [0.1, 0.15) is 0 Å². The Morgan fingerprint density at radius 3 is 2.37 bits per heavy atom. The van der Waals surface area contributed by atoms with Crippen molar-refractivity contribution < 1.29 is 14.2 Å². The molecule has 0 radical (unpaired) electrons. The summed E-state index contributed by atoms with van der Waals surface area (Å²) >= 11 is 0. The summed E-state index contributed by atoms with van der Waals surface area (Å²) in [6, 6.07) is 5.67. The molecule has 19 heavy (non-hydrogen) atoms. The van der Waals surface area contributed by atoms with Crippen molar-refractivity contribution in [2.24, 2.45) is 5.73 Å². The van der Waals surface area contributed by atoms with Crippen LogP contribution in [0.1, 0.15) is 38.8 Å². The lowest BCUT2D eigenvalue weighted by Crippen LogP contribution is -2.17. The maximum Gasteiger partial charge on any atom is 0.161 e. The minimum Gasteiger partial charge on any atom is -0.490 e. The Morgan fingerprint density at radius 2 is 1.74 bits per heavy atom. The van der Waals surface area contributed by atoms with E-state index in [4.69, 9.17) is 19.9 Å². The third kappa shape index (κ3) is 5.09. The van der Waals surface area contributed by atoms with Gasteiger partial charge in [-0.25, -0.2) is 0 Å². The van der Waals surface area contributed by atoms with Crippen LogP contribution in [0.25, 0.3) is 0 Å². The first-order valence-corrected chi connectivity index (χ1v) is 6.95. The summed E-state index contributed by atoms with van der Waals surface area (Å²) in [5, 5.41) is 0. The molecule has 0 amide bonds. The predicted octanol–water partition coefficient (Wildman–Crippen LogP) is 2.91. The number of nitrogens with two attached hydrogens (primary N) is 1. The molecule has 4 heteroatoms. The highest BCUT2D eigenvalue weighted by Crippen LogP contribution is 2.30. The second-order valence-corrected chi connectivity index (χ2v) is 4.25. The van der Waals surface area contributed by atoms with E-state index in [1.54, 1.807) is 0 Å². The van der Waals surface area contributed by atoms with Gasteiger partial charge in [0.05, 0.1) is 25.9 Å². The molecule has 1 aromatic carbocycles. The molecule has 0 saturated carbocycles. The Balaban J connectivity index is 2.75. The van der Waals surface area contributed by atoms with Gasteiger partial charge in [-0.3, -0.25) is 0 Å². The first kappa shape index (κ1) is 15.8. The van der Waals surface area contributed by atoms with Crippen molar-refractivity contribution in [3.63, 3.8) is 0 Å². The highest BCUT2D eigenvalue weighted by molar-refractivity contribution is 5.43. The SMILES string of the molecule is CCCOCC(N)c1ccc(OCC)c(OCC)c1. The summed E-state index contributed by atoms with van der Waals surface area (Å²) in [5.74, 6) is 1.50. The average Bonchev–Trinajstić information content (AvgIpc) is 2.41. The fraction of sp³-hybridized carbons (Fsp3) is 0.600. The fourth-order valence-corrected chi connectivity index (χ4v) is 1.75. The zero-order chi connectivity index (χ0) is 14.1. The Morgan fingerprint density at radius 1 is 1.05 bits per heavy atom. The third-order valence-electron chi connectivity index (χ3n) is 2.64. The number of hydrogen-bond acceptors (Lipinski definition) is 4. The van der Waals surface area contributed by atoms with Crippen molar-refractivity contribution in [3.8, 4) is 11.5 Å². The van der Waals surface area contributed by atoms with Crippen molar-refractivity contribution in [2.75, 3.05) is 26.4 Å². The van der Waals surface area contributed by atoms with E-state index in [-0.39, 0.29) is 6.04 Å². The normalized spacial score (nSPS) is 12.2. The van der Waals surface area contributed by atoms with Gasteiger partial charge in [0.25, 0.3) is 0 Å². The number of rotatable bonds is 9. The van der Waals surface area contributed by atoms with Crippen LogP contribution in [0.2, 0.25) is 0 Å². The van der Waals surface area contributed by atoms with Crippen molar-refractivity contribution in [3.05, 3.63) is 23.8 Å². The minimum absolute atomic E-state index is 0.138. The average molecular weight is 267 g/mol. The van der Waals surface area contributed by atoms with Crippen LogP contribution >= 0.6 is 0 Å². The van der Waals surface area contributed by atoms with Crippen LogP contribution in [-0.4, -0.2) is 26.4 Å². The van der Waals surface area contributed by atoms with Crippen molar-refractivity contribution in [2.45, 2.75) is 33.2 Å². The molecule has 1 atom stereocenters. The van der Waals surface area contributed by atoms with Crippen LogP contribution in [0.15, 0.2) is 18.2 Å². The van der Waals surface area contributed by atoms with Crippen LogP contribution in [0.4, 0.5) is 0 Å². The Hall–Kier alpha value is -1.26. The summed E-state index contributed by atoms with van der Waals surface area (Å²) in [6.07, 6.45) is 1.00. The molecule has 0 bridgehead atoms. The van der Waals surface area contributed by atoms with Gasteiger partial charge in [-0.05, 0) is 38.0 Å². The second-order valence-electron chi connectivity index (χ2n) is 4.25. The summed E-state index contributed by atoms with van der Waals surface area (Å²) in [4.78, 5) is 0. The summed E-state index contributed by atoms with van der Waals surface area (Å²) < 4.78 is 16.6. The molecular weight excluding hydrogens is 242 g/mol. The lowest BCUT2D eigenvalue weighted by atomic mass is 10.1. The zero-order valence-electron chi connectivity index (χ0n) is 12.1. The van der Waals surface area contributed by atoms with Crippen LogP contribution in [0.3, 0.4) is 0 Å². The largest absolute Gasteiger partial charge is 0.490 e. The molecule has 0 aliphatic carbocycles. The van der Waals surface area contributed by atoms with Gasteiger partial charge in [-0.15, -0.1) is 0 Å². The van der Waals surface area contributed by atoms with E-state index in [1.807, 2.05) is 32.0 Å². The van der Waals surface area contributed by atoms with Gasteiger partial charge >= 0.3 is 0 Å². The fourth-order valence-electron chi connectivity index (χ4n) is 1.75. The van der Waals surface area contributed by atoms with E-state index >= 15 is 0 Å². The van der Waals surface area contributed by atoms with Gasteiger partial charge in [-0.1, -0.05) is 13.0 Å². The Labute approximate surface area is 115 Å². The second kappa shape index (κ2) is 8.77. The predicted molar refractivity (Wildman–Crippen MR) is 76.8 cm³/mol. The smallest absolute Gasteiger partial charge is 0.161 e. The lowest BCUT2D eigenvalue weighted by molar-refractivity contribution is 0.121. The third-order valence-corrected chi connectivity index (χ3v) is 2.64. The maximum atomic E-state index is 6.10. The zero-order valence-corrected chi connectivity index (χ0v) is 12.1. The van der Waals surface area contributed by atoms with Gasteiger partial charge in [0, 0.05) is 6.61 Å². The molecule has 0 aliphatic rings. The molecule has 0 spiro atoms. The van der Waals surface area contributed by atoms with Crippen LogP contribution in [0, 0.1) is 0 Å². The summed E-state index contributed by atoms with van der Waals surface area (Å²) in [7, 11) is 0. The monoisotopic (exact) mass is 267 g/mol. The molecule has 4 nitrogen and oxygen atoms in total. The van der Waals surface area contributed by atoms with E-state index < -0.39 is 0 Å². The van der Waals surface area contributed by atoms with E-state index in [0.29, 0.717) is 19.8 Å². The van der Waals surface area contributed by atoms with Crippen LogP contribution < -0.4 is 15.2 Å². The highest BCUT2D eigenvalue weighted by atomic mass is 16.5. The first-order valence-electron chi connectivity index (χ1n) is 6.95. The molecule has 1 aromatic rings. The quantitative estimate of drug-likeness (QED) is 0.699. The first-order chi connectivity index (χ1) is 9.22. The highest BCUT2D eigenvalue weighted by Gasteiger charge is 2.11. The Bertz CT molecular complexity index is 368. The van der Waals surface area contributed by atoms with E-state index in [2.05, 4.69) is 6.92 Å². The number of hydrogen-bond donors (Lipinski definition) is 1. The molecule has 0 heterocycles. The van der Waals surface area contributed by atoms with E-state index in [1.165, 1.54) is 0 Å².